The van der Waals surface area contributed by atoms with Gasteiger partial charge in [-0.05, 0) is 29.3 Å². The summed E-state index contributed by atoms with van der Waals surface area (Å²) in [5.74, 6) is 1.55. The number of anilines is 1. The fourth-order valence-electron chi connectivity index (χ4n) is 1.98. The van der Waals surface area contributed by atoms with Gasteiger partial charge in [-0.2, -0.15) is 0 Å². The van der Waals surface area contributed by atoms with Crippen LogP contribution in [-0.2, 0) is 15.9 Å². The lowest BCUT2D eigenvalue weighted by atomic mass is 10.2. The fraction of sp³-hybridized carbons (Fsp3) is 0.692. The van der Waals surface area contributed by atoms with E-state index in [9.17, 15) is 0 Å². The Hall–Kier alpha value is -0.720. The molecule has 0 amide bonds. The number of aromatic nitrogens is 2. The maximum atomic E-state index is 5.68. The topological polar surface area (TPSA) is 56.3 Å². The van der Waals surface area contributed by atoms with E-state index >= 15 is 0 Å². The maximum absolute atomic E-state index is 5.68. The monoisotopic (exact) mass is 329 g/mol. The van der Waals surface area contributed by atoms with Crippen LogP contribution >= 0.6 is 15.9 Å². The summed E-state index contributed by atoms with van der Waals surface area (Å²) < 4.78 is 12.1. The SMILES string of the molecule is CCCc1nc(C2COCCO2)nc(NCC)c1Br. The molecule has 1 aliphatic heterocycles. The number of nitrogens with zero attached hydrogens (tertiary/aromatic N) is 2. The molecule has 0 radical (unpaired) electrons. The van der Waals surface area contributed by atoms with Gasteiger partial charge in [-0.25, -0.2) is 9.97 Å². The molecular weight excluding hydrogens is 310 g/mol. The molecule has 0 saturated carbocycles. The third-order valence-electron chi connectivity index (χ3n) is 2.87. The first-order chi connectivity index (χ1) is 9.26. The molecule has 0 aromatic carbocycles. The molecule has 2 rings (SSSR count). The van der Waals surface area contributed by atoms with Crippen molar-refractivity contribution in [3.8, 4) is 0 Å². The molecule has 5 nitrogen and oxygen atoms in total. The van der Waals surface area contributed by atoms with Crippen LogP contribution in [0.2, 0.25) is 0 Å². The van der Waals surface area contributed by atoms with Crippen molar-refractivity contribution in [2.45, 2.75) is 32.8 Å². The molecule has 1 aromatic rings. The van der Waals surface area contributed by atoms with Crippen molar-refractivity contribution in [1.29, 1.82) is 0 Å². The molecule has 1 unspecified atom stereocenters. The van der Waals surface area contributed by atoms with Crippen LogP contribution in [0.25, 0.3) is 0 Å². The van der Waals surface area contributed by atoms with Crippen LogP contribution in [0.3, 0.4) is 0 Å². The van der Waals surface area contributed by atoms with E-state index in [1.807, 2.05) is 6.92 Å². The predicted octanol–water partition coefficient (Wildman–Crippen LogP) is 2.71. The highest BCUT2D eigenvalue weighted by atomic mass is 79.9. The lowest BCUT2D eigenvalue weighted by Crippen LogP contribution is -2.24. The smallest absolute Gasteiger partial charge is 0.162 e. The largest absolute Gasteiger partial charge is 0.376 e. The zero-order chi connectivity index (χ0) is 13.7. The Kier molecular flexibility index (Phi) is 5.54. The summed E-state index contributed by atoms with van der Waals surface area (Å²) in [6.07, 6.45) is 1.81. The molecule has 1 saturated heterocycles. The van der Waals surface area contributed by atoms with Gasteiger partial charge in [0.1, 0.15) is 11.9 Å². The lowest BCUT2D eigenvalue weighted by molar-refractivity contribution is -0.0935. The average molecular weight is 330 g/mol. The number of hydrogen-bond acceptors (Lipinski definition) is 5. The molecule has 106 valence electrons. The first-order valence-corrected chi connectivity index (χ1v) is 7.55. The van der Waals surface area contributed by atoms with Gasteiger partial charge in [0, 0.05) is 6.54 Å². The van der Waals surface area contributed by atoms with E-state index in [1.165, 1.54) is 0 Å². The number of ether oxygens (including phenoxy) is 2. The van der Waals surface area contributed by atoms with E-state index < -0.39 is 0 Å². The third-order valence-corrected chi connectivity index (χ3v) is 3.71. The quantitative estimate of drug-likeness (QED) is 0.900. The van der Waals surface area contributed by atoms with Gasteiger partial charge >= 0.3 is 0 Å². The van der Waals surface area contributed by atoms with E-state index in [0.29, 0.717) is 25.6 Å². The molecular formula is C13H20BrN3O2. The molecule has 1 atom stereocenters. The number of rotatable bonds is 5. The zero-order valence-electron chi connectivity index (χ0n) is 11.4. The Balaban J connectivity index is 2.30. The maximum Gasteiger partial charge on any atom is 0.162 e. The molecule has 19 heavy (non-hydrogen) atoms. The summed E-state index contributed by atoms with van der Waals surface area (Å²) in [6, 6.07) is 0. The van der Waals surface area contributed by atoms with Crippen molar-refractivity contribution >= 4 is 21.7 Å². The highest BCUT2D eigenvalue weighted by Gasteiger charge is 2.22. The van der Waals surface area contributed by atoms with Crippen LogP contribution in [0.4, 0.5) is 5.82 Å². The van der Waals surface area contributed by atoms with Crippen molar-refractivity contribution in [2.75, 3.05) is 31.7 Å². The zero-order valence-corrected chi connectivity index (χ0v) is 13.0. The number of hydrogen-bond donors (Lipinski definition) is 1. The van der Waals surface area contributed by atoms with Gasteiger partial charge in [0.05, 0.1) is 30.0 Å². The van der Waals surface area contributed by atoms with Gasteiger partial charge in [-0.3, -0.25) is 0 Å². The summed E-state index contributed by atoms with van der Waals surface area (Å²) in [6.45, 7) is 6.79. The molecule has 2 heterocycles. The second-order valence-corrected chi connectivity index (χ2v) is 5.20. The summed E-state index contributed by atoms with van der Waals surface area (Å²) in [7, 11) is 0. The minimum absolute atomic E-state index is 0.158. The van der Waals surface area contributed by atoms with E-state index in [4.69, 9.17) is 9.47 Å². The second kappa shape index (κ2) is 7.17. The molecule has 6 heteroatoms. The highest BCUT2D eigenvalue weighted by Crippen LogP contribution is 2.28. The fourth-order valence-corrected chi connectivity index (χ4v) is 2.50. The van der Waals surface area contributed by atoms with Crippen LogP contribution in [-0.4, -0.2) is 36.3 Å². The third kappa shape index (κ3) is 3.64. The van der Waals surface area contributed by atoms with Crippen molar-refractivity contribution in [1.82, 2.24) is 9.97 Å². The van der Waals surface area contributed by atoms with Gasteiger partial charge in [0.2, 0.25) is 0 Å². The van der Waals surface area contributed by atoms with E-state index in [1.54, 1.807) is 0 Å². The summed E-state index contributed by atoms with van der Waals surface area (Å²) in [4.78, 5) is 9.18. The van der Waals surface area contributed by atoms with Gasteiger partial charge in [-0.15, -0.1) is 0 Å². The summed E-state index contributed by atoms with van der Waals surface area (Å²) in [5, 5.41) is 3.26. The summed E-state index contributed by atoms with van der Waals surface area (Å²) in [5.41, 5.74) is 1.03. The van der Waals surface area contributed by atoms with Crippen molar-refractivity contribution < 1.29 is 9.47 Å². The number of nitrogens with one attached hydrogen (secondary N) is 1. The van der Waals surface area contributed by atoms with Crippen LogP contribution in [0, 0.1) is 0 Å². The van der Waals surface area contributed by atoms with Crippen LogP contribution < -0.4 is 5.32 Å². The van der Waals surface area contributed by atoms with Crippen molar-refractivity contribution in [3.05, 3.63) is 16.0 Å². The van der Waals surface area contributed by atoms with Gasteiger partial charge < -0.3 is 14.8 Å². The van der Waals surface area contributed by atoms with Crippen molar-refractivity contribution in [2.24, 2.45) is 0 Å². The van der Waals surface area contributed by atoms with Crippen LogP contribution in [0.5, 0.6) is 0 Å². The Labute approximate surface area is 122 Å². The Morgan fingerprint density at radius 1 is 1.32 bits per heavy atom. The molecule has 1 aliphatic rings. The second-order valence-electron chi connectivity index (χ2n) is 4.41. The number of aryl methyl sites for hydroxylation is 1. The molecule has 1 fully saturated rings. The number of halogens is 1. The summed E-state index contributed by atoms with van der Waals surface area (Å²) >= 11 is 3.58. The van der Waals surface area contributed by atoms with Crippen LogP contribution in [0.1, 0.15) is 37.9 Å². The van der Waals surface area contributed by atoms with E-state index in [0.717, 1.165) is 35.4 Å². The molecule has 0 bridgehead atoms. The molecule has 0 aliphatic carbocycles. The minimum atomic E-state index is -0.158. The minimum Gasteiger partial charge on any atom is -0.376 e. The molecule has 1 N–H and O–H groups in total. The Bertz CT molecular complexity index is 395. The standard InChI is InChI=1S/C13H20BrN3O2/c1-3-5-9-11(14)13(15-4-2)17-12(16-9)10-8-18-6-7-19-10/h10H,3-8H2,1-2H3,(H,15,16,17). The van der Waals surface area contributed by atoms with Gasteiger partial charge in [0.15, 0.2) is 5.82 Å². The normalized spacial score (nSPS) is 19.4. The van der Waals surface area contributed by atoms with E-state index in [2.05, 4.69) is 38.1 Å². The predicted molar refractivity (Wildman–Crippen MR) is 77.4 cm³/mol. The lowest BCUT2D eigenvalue weighted by Gasteiger charge is -2.23. The Morgan fingerprint density at radius 2 is 2.16 bits per heavy atom. The highest BCUT2D eigenvalue weighted by molar-refractivity contribution is 9.10. The van der Waals surface area contributed by atoms with Gasteiger partial charge in [-0.1, -0.05) is 13.3 Å². The molecule has 1 aromatic heterocycles. The van der Waals surface area contributed by atoms with Crippen molar-refractivity contribution in [3.63, 3.8) is 0 Å². The van der Waals surface area contributed by atoms with Gasteiger partial charge in [0.25, 0.3) is 0 Å². The Morgan fingerprint density at radius 3 is 2.79 bits per heavy atom. The van der Waals surface area contributed by atoms with Crippen LogP contribution in [0.15, 0.2) is 4.47 Å². The molecule has 0 spiro atoms. The van der Waals surface area contributed by atoms with E-state index in [-0.39, 0.29) is 6.10 Å². The first-order valence-electron chi connectivity index (χ1n) is 6.75. The average Bonchev–Trinajstić information content (AvgIpc) is 2.44. The first kappa shape index (κ1) is 14.7.